The molecule has 0 aromatic heterocycles. The third-order valence-corrected chi connectivity index (χ3v) is 6.13. The number of para-hydroxylation sites is 1. The van der Waals surface area contributed by atoms with Crippen LogP contribution in [0.3, 0.4) is 0 Å². The van der Waals surface area contributed by atoms with Crippen molar-refractivity contribution in [2.45, 2.75) is 62.1 Å². The molecule has 0 radical (unpaired) electrons. The summed E-state index contributed by atoms with van der Waals surface area (Å²) in [4.78, 5) is 1.24. The monoisotopic (exact) mass is 341 g/mol. The molecule has 0 aliphatic carbocycles. The number of hydrogen-bond donors (Lipinski definition) is 2. The number of rotatable bonds is 6. The van der Waals surface area contributed by atoms with Gasteiger partial charge in [0.25, 0.3) is 0 Å². The average molecular weight is 342 g/mol. The van der Waals surface area contributed by atoms with Gasteiger partial charge in [0.15, 0.2) is 0 Å². The Hall–Kier alpha value is -1.61. The van der Waals surface area contributed by atoms with Crippen molar-refractivity contribution >= 4 is 17.4 Å². The maximum Gasteiger partial charge on any atom is 0.121 e. The molecular formula is C21H27NOS. The van der Waals surface area contributed by atoms with Crippen molar-refractivity contribution < 1.29 is 5.11 Å². The normalized spacial score (nSPS) is 16.7. The summed E-state index contributed by atoms with van der Waals surface area (Å²) in [5.41, 5.74) is 3.58. The van der Waals surface area contributed by atoms with E-state index in [4.69, 9.17) is 0 Å². The fraction of sp³-hybridized carbons (Fsp3) is 0.429. The Labute approximate surface area is 149 Å². The van der Waals surface area contributed by atoms with Gasteiger partial charge in [0.05, 0.1) is 0 Å². The van der Waals surface area contributed by atoms with E-state index >= 15 is 0 Å². The maximum atomic E-state index is 10.4. The van der Waals surface area contributed by atoms with Crippen molar-refractivity contribution in [3.8, 4) is 5.75 Å². The molecule has 1 atom stereocenters. The van der Waals surface area contributed by atoms with Crippen LogP contribution in [0.25, 0.3) is 0 Å². The molecule has 2 N–H and O–H groups in total. The summed E-state index contributed by atoms with van der Waals surface area (Å²) < 4.78 is 0. The van der Waals surface area contributed by atoms with E-state index in [1.807, 2.05) is 12.1 Å². The Kier molecular flexibility index (Phi) is 5.09. The number of unbranched alkanes of at least 4 members (excludes halogenated alkanes) is 2. The summed E-state index contributed by atoms with van der Waals surface area (Å²) in [5.74, 6) is 0.376. The van der Waals surface area contributed by atoms with Crippen molar-refractivity contribution in [1.82, 2.24) is 0 Å². The lowest BCUT2D eigenvalue weighted by Gasteiger charge is -2.27. The molecular weight excluding hydrogens is 314 g/mol. The first-order chi connectivity index (χ1) is 11.5. The van der Waals surface area contributed by atoms with Gasteiger partial charge in [0.2, 0.25) is 0 Å². The van der Waals surface area contributed by atoms with Crippen LogP contribution in [0.2, 0.25) is 0 Å². The van der Waals surface area contributed by atoms with Gasteiger partial charge in [-0.2, -0.15) is 0 Å². The van der Waals surface area contributed by atoms with E-state index in [9.17, 15) is 5.11 Å². The highest BCUT2D eigenvalue weighted by molar-refractivity contribution is 8.00. The summed E-state index contributed by atoms with van der Waals surface area (Å²) in [6, 6.07) is 14.5. The molecule has 0 amide bonds. The Balaban J connectivity index is 1.83. The van der Waals surface area contributed by atoms with E-state index in [1.165, 1.54) is 36.1 Å². The van der Waals surface area contributed by atoms with Gasteiger partial charge in [-0.25, -0.2) is 0 Å². The van der Waals surface area contributed by atoms with Gasteiger partial charge in [0, 0.05) is 16.1 Å². The zero-order chi connectivity index (χ0) is 17.2. The topological polar surface area (TPSA) is 32.3 Å². The molecule has 0 saturated carbocycles. The first-order valence-electron chi connectivity index (χ1n) is 8.87. The highest BCUT2D eigenvalue weighted by atomic mass is 32.2. The third kappa shape index (κ3) is 3.56. The standard InChI is InChI=1S/C21H27NOS/c1-4-5-8-13-21(2,3)15-11-12-18(23)16(14-15)20-22-17-9-6-7-10-19(17)24-20/h6-7,9-12,14,20,22-23H,4-5,8,13H2,1-3H3. The highest BCUT2D eigenvalue weighted by Crippen LogP contribution is 2.49. The molecule has 0 saturated heterocycles. The molecule has 2 aromatic carbocycles. The summed E-state index contributed by atoms with van der Waals surface area (Å²) in [5, 5.41) is 14.0. The van der Waals surface area contributed by atoms with E-state index in [-0.39, 0.29) is 10.8 Å². The number of anilines is 1. The van der Waals surface area contributed by atoms with Crippen molar-refractivity contribution in [2.75, 3.05) is 5.32 Å². The summed E-state index contributed by atoms with van der Waals surface area (Å²) in [6.07, 6.45) is 4.96. The van der Waals surface area contributed by atoms with E-state index in [2.05, 4.69) is 56.4 Å². The average Bonchev–Trinajstić information content (AvgIpc) is 2.99. The lowest BCUT2D eigenvalue weighted by molar-refractivity contribution is 0.444. The van der Waals surface area contributed by atoms with Crippen LogP contribution in [0.15, 0.2) is 47.4 Å². The fourth-order valence-electron chi connectivity index (χ4n) is 3.27. The Morgan fingerprint density at radius 2 is 1.92 bits per heavy atom. The van der Waals surface area contributed by atoms with E-state index in [0.29, 0.717) is 5.75 Å². The Bertz CT molecular complexity index is 686. The second-order valence-electron chi connectivity index (χ2n) is 7.25. The fourth-order valence-corrected chi connectivity index (χ4v) is 4.44. The van der Waals surface area contributed by atoms with Gasteiger partial charge >= 0.3 is 0 Å². The molecule has 128 valence electrons. The summed E-state index contributed by atoms with van der Waals surface area (Å²) in [7, 11) is 0. The Morgan fingerprint density at radius 3 is 2.67 bits per heavy atom. The van der Waals surface area contributed by atoms with Crippen LogP contribution in [0.5, 0.6) is 5.75 Å². The summed E-state index contributed by atoms with van der Waals surface area (Å²) >= 11 is 1.77. The van der Waals surface area contributed by atoms with Gasteiger partial charge in [-0.05, 0) is 41.7 Å². The van der Waals surface area contributed by atoms with Crippen molar-refractivity contribution in [3.05, 3.63) is 53.6 Å². The van der Waals surface area contributed by atoms with Crippen molar-refractivity contribution in [2.24, 2.45) is 0 Å². The van der Waals surface area contributed by atoms with Crippen molar-refractivity contribution in [1.29, 1.82) is 0 Å². The number of benzene rings is 2. The molecule has 0 fully saturated rings. The van der Waals surface area contributed by atoms with Gasteiger partial charge in [-0.3, -0.25) is 0 Å². The SMILES string of the molecule is CCCCCC(C)(C)c1ccc(O)c(C2Nc3ccccc3S2)c1. The van der Waals surface area contributed by atoms with Crippen LogP contribution >= 0.6 is 11.8 Å². The van der Waals surface area contributed by atoms with Crippen LogP contribution < -0.4 is 5.32 Å². The van der Waals surface area contributed by atoms with Crippen LogP contribution in [0, 0.1) is 0 Å². The van der Waals surface area contributed by atoms with Crippen LogP contribution in [0.1, 0.15) is 63.0 Å². The van der Waals surface area contributed by atoms with E-state index < -0.39 is 0 Å². The Morgan fingerprint density at radius 1 is 1.12 bits per heavy atom. The minimum absolute atomic E-state index is 0.0776. The van der Waals surface area contributed by atoms with Crippen LogP contribution in [0.4, 0.5) is 5.69 Å². The van der Waals surface area contributed by atoms with Gasteiger partial charge in [-0.1, -0.05) is 70.0 Å². The largest absolute Gasteiger partial charge is 0.508 e. The lowest BCUT2D eigenvalue weighted by atomic mass is 9.79. The minimum Gasteiger partial charge on any atom is -0.508 e. The molecule has 1 unspecified atom stereocenters. The number of phenolic OH excluding ortho intramolecular Hbond substituents is 1. The number of nitrogens with one attached hydrogen (secondary N) is 1. The van der Waals surface area contributed by atoms with Gasteiger partial charge in [-0.15, -0.1) is 0 Å². The van der Waals surface area contributed by atoms with E-state index in [1.54, 1.807) is 11.8 Å². The number of thioether (sulfide) groups is 1. The van der Waals surface area contributed by atoms with Crippen LogP contribution in [-0.4, -0.2) is 5.11 Å². The number of phenols is 1. The second kappa shape index (κ2) is 7.10. The summed E-state index contributed by atoms with van der Waals surface area (Å²) in [6.45, 7) is 6.86. The molecule has 24 heavy (non-hydrogen) atoms. The van der Waals surface area contributed by atoms with Gasteiger partial charge < -0.3 is 10.4 Å². The zero-order valence-electron chi connectivity index (χ0n) is 14.8. The molecule has 3 rings (SSSR count). The lowest BCUT2D eigenvalue weighted by Crippen LogP contribution is -2.17. The molecule has 2 aromatic rings. The molecule has 0 spiro atoms. The molecule has 3 heteroatoms. The molecule has 1 aliphatic heterocycles. The highest BCUT2D eigenvalue weighted by Gasteiger charge is 2.27. The predicted octanol–water partition coefficient (Wildman–Crippen LogP) is 6.47. The van der Waals surface area contributed by atoms with Gasteiger partial charge in [0.1, 0.15) is 11.1 Å². The second-order valence-corrected chi connectivity index (χ2v) is 8.40. The maximum absolute atomic E-state index is 10.4. The minimum atomic E-state index is 0.0776. The van der Waals surface area contributed by atoms with Crippen molar-refractivity contribution in [3.63, 3.8) is 0 Å². The first-order valence-corrected chi connectivity index (χ1v) is 9.75. The number of hydrogen-bond acceptors (Lipinski definition) is 3. The van der Waals surface area contributed by atoms with E-state index in [0.717, 1.165) is 11.3 Å². The molecule has 2 nitrogen and oxygen atoms in total. The molecule has 1 aliphatic rings. The quantitative estimate of drug-likeness (QED) is 0.591. The first kappa shape index (κ1) is 17.2. The third-order valence-electron chi connectivity index (χ3n) is 4.92. The smallest absolute Gasteiger partial charge is 0.121 e. The number of aromatic hydroxyl groups is 1. The van der Waals surface area contributed by atoms with Crippen LogP contribution in [-0.2, 0) is 5.41 Å². The molecule has 1 heterocycles. The molecule has 0 bridgehead atoms. The predicted molar refractivity (Wildman–Crippen MR) is 104 cm³/mol. The zero-order valence-corrected chi connectivity index (χ0v) is 15.6. The number of fused-ring (bicyclic) bond motifs is 1.